The molecule has 0 saturated heterocycles. The van der Waals surface area contributed by atoms with Crippen molar-refractivity contribution in [1.82, 2.24) is 4.90 Å². The van der Waals surface area contributed by atoms with E-state index >= 15 is 0 Å². The summed E-state index contributed by atoms with van der Waals surface area (Å²) in [6.07, 6.45) is -0.639. The molecule has 0 unspecified atom stereocenters. The topological polar surface area (TPSA) is 60.4 Å². The molecule has 1 N–H and O–H groups in total. The van der Waals surface area contributed by atoms with Crippen LogP contribution in [-0.2, 0) is 13.1 Å². The second-order valence-electron chi connectivity index (χ2n) is 7.49. The molecular formula is C25H27NO5. The van der Waals surface area contributed by atoms with Gasteiger partial charge in [-0.25, -0.2) is 0 Å². The number of fused-ring (bicyclic) bond motifs is 1. The van der Waals surface area contributed by atoms with Crippen LogP contribution in [0.2, 0.25) is 0 Å². The largest absolute Gasteiger partial charge is 0.497 e. The van der Waals surface area contributed by atoms with Crippen molar-refractivity contribution >= 4 is 0 Å². The molecule has 6 nitrogen and oxygen atoms in total. The molecule has 0 spiro atoms. The molecule has 3 aromatic carbocycles. The molecule has 0 aliphatic carbocycles. The minimum Gasteiger partial charge on any atom is -0.497 e. The second-order valence-corrected chi connectivity index (χ2v) is 7.49. The maximum absolute atomic E-state index is 10.7. The van der Waals surface area contributed by atoms with E-state index in [1.807, 2.05) is 66.7 Å². The fourth-order valence-corrected chi connectivity index (χ4v) is 3.57. The second kappa shape index (κ2) is 10.2. The first kappa shape index (κ1) is 21.0. The molecule has 1 heterocycles. The van der Waals surface area contributed by atoms with Gasteiger partial charge in [-0.3, -0.25) is 4.90 Å². The van der Waals surface area contributed by atoms with E-state index in [0.717, 1.165) is 34.1 Å². The van der Waals surface area contributed by atoms with Crippen LogP contribution in [0.15, 0.2) is 72.8 Å². The maximum Gasteiger partial charge on any atom is 0.231 e. The van der Waals surface area contributed by atoms with E-state index in [2.05, 4.69) is 11.0 Å². The minimum atomic E-state index is -0.639. The molecule has 3 aromatic rings. The van der Waals surface area contributed by atoms with E-state index in [-0.39, 0.29) is 13.4 Å². The third-order valence-corrected chi connectivity index (χ3v) is 5.04. The zero-order valence-corrected chi connectivity index (χ0v) is 17.6. The van der Waals surface area contributed by atoms with Gasteiger partial charge in [-0.2, -0.15) is 0 Å². The van der Waals surface area contributed by atoms with Gasteiger partial charge in [0.25, 0.3) is 0 Å². The average Bonchev–Trinajstić information content (AvgIpc) is 3.26. The van der Waals surface area contributed by atoms with Crippen molar-refractivity contribution in [2.45, 2.75) is 19.2 Å². The molecule has 0 aromatic heterocycles. The number of aliphatic hydroxyl groups is 1. The lowest BCUT2D eigenvalue weighted by atomic mass is 10.1. The van der Waals surface area contributed by atoms with Crippen molar-refractivity contribution in [3.8, 4) is 23.0 Å². The van der Waals surface area contributed by atoms with Crippen LogP contribution in [0, 0.1) is 0 Å². The third kappa shape index (κ3) is 5.90. The molecule has 4 rings (SSSR count). The molecule has 0 radical (unpaired) electrons. The van der Waals surface area contributed by atoms with Gasteiger partial charge in [0, 0.05) is 19.6 Å². The number of benzene rings is 3. The molecule has 162 valence electrons. The van der Waals surface area contributed by atoms with Crippen LogP contribution < -0.4 is 18.9 Å². The zero-order chi connectivity index (χ0) is 21.5. The highest BCUT2D eigenvalue weighted by atomic mass is 16.7. The van der Waals surface area contributed by atoms with Crippen LogP contribution in [-0.4, -0.2) is 43.2 Å². The number of rotatable bonds is 10. The van der Waals surface area contributed by atoms with E-state index < -0.39 is 6.10 Å². The summed E-state index contributed by atoms with van der Waals surface area (Å²) in [5.74, 6) is 3.08. The Labute approximate surface area is 182 Å². The predicted octanol–water partition coefficient (Wildman–Crippen LogP) is 3.87. The van der Waals surface area contributed by atoms with Gasteiger partial charge in [0.2, 0.25) is 6.79 Å². The Hall–Kier alpha value is -3.22. The van der Waals surface area contributed by atoms with Crippen molar-refractivity contribution in [3.05, 3.63) is 83.9 Å². The first-order valence-corrected chi connectivity index (χ1v) is 10.3. The van der Waals surface area contributed by atoms with Crippen LogP contribution in [0.1, 0.15) is 11.1 Å². The summed E-state index contributed by atoms with van der Waals surface area (Å²) in [6, 6.07) is 23.4. The molecule has 31 heavy (non-hydrogen) atoms. The zero-order valence-electron chi connectivity index (χ0n) is 17.6. The predicted molar refractivity (Wildman–Crippen MR) is 118 cm³/mol. The molecular weight excluding hydrogens is 394 g/mol. The number of methoxy groups -OCH3 is 1. The summed E-state index contributed by atoms with van der Waals surface area (Å²) in [7, 11) is 1.66. The van der Waals surface area contributed by atoms with Gasteiger partial charge in [0.15, 0.2) is 11.5 Å². The molecule has 6 heteroatoms. The van der Waals surface area contributed by atoms with E-state index in [4.69, 9.17) is 18.9 Å². The summed E-state index contributed by atoms with van der Waals surface area (Å²) in [6.45, 7) is 2.24. The first-order chi connectivity index (χ1) is 15.2. The van der Waals surface area contributed by atoms with Crippen molar-refractivity contribution in [1.29, 1.82) is 0 Å². The van der Waals surface area contributed by atoms with Gasteiger partial charge < -0.3 is 24.1 Å². The van der Waals surface area contributed by atoms with Gasteiger partial charge >= 0.3 is 0 Å². The van der Waals surface area contributed by atoms with Crippen molar-refractivity contribution in [3.63, 3.8) is 0 Å². The molecule has 1 aliphatic heterocycles. The highest BCUT2D eigenvalue weighted by Gasteiger charge is 2.17. The lowest BCUT2D eigenvalue weighted by molar-refractivity contribution is 0.0628. The fraction of sp³-hybridized carbons (Fsp3) is 0.280. The van der Waals surface area contributed by atoms with Gasteiger partial charge in [0.05, 0.1) is 7.11 Å². The Morgan fingerprint density at radius 2 is 1.61 bits per heavy atom. The first-order valence-electron chi connectivity index (χ1n) is 10.3. The standard InChI is InChI=1S/C25H27NO5/c1-28-23-9-5-6-19(12-23)14-26(15-20-10-11-24-25(13-20)31-18-30-24)16-21(27)17-29-22-7-3-2-4-8-22/h2-13,21,27H,14-18H2,1H3/t21-/m1/s1. The summed E-state index contributed by atoms with van der Waals surface area (Å²) in [5.41, 5.74) is 2.19. The Morgan fingerprint density at radius 3 is 2.42 bits per heavy atom. The fourth-order valence-electron chi connectivity index (χ4n) is 3.57. The Bertz CT molecular complexity index is 979. The number of hydrogen-bond donors (Lipinski definition) is 1. The average molecular weight is 421 g/mol. The normalized spacial score (nSPS) is 13.3. The van der Waals surface area contributed by atoms with Gasteiger partial charge in [-0.05, 0) is 47.5 Å². The van der Waals surface area contributed by atoms with E-state index in [0.29, 0.717) is 19.6 Å². The Kier molecular flexibility index (Phi) is 6.92. The van der Waals surface area contributed by atoms with E-state index in [1.165, 1.54) is 0 Å². The Morgan fingerprint density at radius 1 is 0.871 bits per heavy atom. The number of nitrogens with zero attached hydrogens (tertiary/aromatic N) is 1. The lowest BCUT2D eigenvalue weighted by Gasteiger charge is -2.25. The van der Waals surface area contributed by atoms with Gasteiger partial charge in [-0.15, -0.1) is 0 Å². The summed E-state index contributed by atoms with van der Waals surface area (Å²) < 4.78 is 22.0. The van der Waals surface area contributed by atoms with Crippen molar-refractivity contribution < 1.29 is 24.1 Å². The quantitative estimate of drug-likeness (QED) is 0.536. The monoisotopic (exact) mass is 421 g/mol. The van der Waals surface area contributed by atoms with Crippen LogP contribution in [0.5, 0.6) is 23.0 Å². The molecule has 0 amide bonds. The van der Waals surface area contributed by atoms with Gasteiger partial charge in [0.1, 0.15) is 24.2 Å². The number of para-hydroxylation sites is 1. The highest BCUT2D eigenvalue weighted by molar-refractivity contribution is 5.44. The SMILES string of the molecule is COc1cccc(CN(Cc2ccc3c(c2)OCO3)C[C@@H](O)COc2ccccc2)c1. The summed E-state index contributed by atoms with van der Waals surface area (Å²) in [4.78, 5) is 2.19. The maximum atomic E-state index is 10.7. The highest BCUT2D eigenvalue weighted by Crippen LogP contribution is 2.33. The van der Waals surface area contributed by atoms with Crippen molar-refractivity contribution in [2.24, 2.45) is 0 Å². The molecule has 0 fully saturated rings. The third-order valence-electron chi connectivity index (χ3n) is 5.04. The summed E-state index contributed by atoms with van der Waals surface area (Å²) >= 11 is 0. The minimum absolute atomic E-state index is 0.222. The van der Waals surface area contributed by atoms with E-state index in [1.54, 1.807) is 7.11 Å². The molecule has 1 atom stereocenters. The molecule has 1 aliphatic rings. The number of aliphatic hydroxyl groups excluding tert-OH is 1. The van der Waals surface area contributed by atoms with E-state index in [9.17, 15) is 5.11 Å². The summed E-state index contributed by atoms with van der Waals surface area (Å²) in [5, 5.41) is 10.7. The van der Waals surface area contributed by atoms with Crippen LogP contribution >= 0.6 is 0 Å². The molecule has 0 saturated carbocycles. The number of hydrogen-bond acceptors (Lipinski definition) is 6. The number of ether oxygens (including phenoxy) is 4. The lowest BCUT2D eigenvalue weighted by Crippen LogP contribution is -2.35. The van der Waals surface area contributed by atoms with Crippen LogP contribution in [0.25, 0.3) is 0 Å². The molecule has 0 bridgehead atoms. The van der Waals surface area contributed by atoms with Crippen LogP contribution in [0.3, 0.4) is 0 Å². The van der Waals surface area contributed by atoms with Crippen LogP contribution in [0.4, 0.5) is 0 Å². The smallest absolute Gasteiger partial charge is 0.231 e. The Balaban J connectivity index is 1.44. The van der Waals surface area contributed by atoms with Gasteiger partial charge in [-0.1, -0.05) is 36.4 Å². The van der Waals surface area contributed by atoms with Crippen molar-refractivity contribution in [2.75, 3.05) is 27.1 Å².